The normalized spacial score (nSPS) is 31.1. The Bertz CT molecular complexity index is 611. The molecule has 8 heteroatoms. The van der Waals surface area contributed by atoms with E-state index in [0.29, 0.717) is 23.4 Å². The van der Waals surface area contributed by atoms with Gasteiger partial charge in [0.2, 0.25) is 0 Å². The van der Waals surface area contributed by atoms with E-state index >= 15 is 0 Å². The molecule has 0 spiro atoms. The molecular formula is C11H15N5O3. The van der Waals surface area contributed by atoms with Crippen LogP contribution in [0, 0.1) is 0 Å². The second kappa shape index (κ2) is 4.12. The summed E-state index contributed by atoms with van der Waals surface area (Å²) in [6, 6.07) is 0. The molecule has 3 rings (SSSR count). The molecule has 0 radical (unpaired) electrons. The van der Waals surface area contributed by atoms with Crippen LogP contribution < -0.4 is 5.73 Å². The Morgan fingerprint density at radius 2 is 2.32 bits per heavy atom. The van der Waals surface area contributed by atoms with E-state index in [1.807, 2.05) is 0 Å². The maximum Gasteiger partial charge on any atom is 0.167 e. The van der Waals surface area contributed by atoms with Crippen molar-refractivity contribution in [2.24, 2.45) is 0 Å². The minimum Gasteiger partial charge on any atom is -0.394 e. The SMILES string of the molecule is C[C@]1(O)C[C@H](n2cnc3c(N)ncnc32)O[C@@H]1CO. The molecule has 3 atom stereocenters. The molecule has 0 unspecified atom stereocenters. The number of rotatable bonds is 2. The Balaban J connectivity index is 2.00. The molecule has 8 nitrogen and oxygen atoms in total. The number of nitrogens with zero attached hydrogens (tertiary/aromatic N) is 4. The Morgan fingerprint density at radius 3 is 3.00 bits per heavy atom. The molecule has 2 aromatic rings. The van der Waals surface area contributed by atoms with Gasteiger partial charge in [0.25, 0.3) is 0 Å². The van der Waals surface area contributed by atoms with Gasteiger partial charge in [-0.1, -0.05) is 0 Å². The Kier molecular flexibility index (Phi) is 2.66. The zero-order valence-corrected chi connectivity index (χ0v) is 10.4. The number of aromatic nitrogens is 4. The number of aliphatic hydroxyl groups is 2. The fourth-order valence-electron chi connectivity index (χ4n) is 2.35. The van der Waals surface area contributed by atoms with E-state index in [0.717, 1.165) is 0 Å². The van der Waals surface area contributed by atoms with Crippen LogP contribution in [0.5, 0.6) is 0 Å². The minimum absolute atomic E-state index is 0.243. The summed E-state index contributed by atoms with van der Waals surface area (Å²) in [7, 11) is 0. The molecule has 3 heterocycles. The lowest BCUT2D eigenvalue weighted by Crippen LogP contribution is -2.37. The number of hydrogen-bond donors (Lipinski definition) is 3. The maximum atomic E-state index is 10.2. The number of nitrogen functional groups attached to an aromatic ring is 1. The highest BCUT2D eigenvalue weighted by atomic mass is 16.5. The number of aliphatic hydroxyl groups excluding tert-OH is 1. The van der Waals surface area contributed by atoms with E-state index in [1.165, 1.54) is 6.33 Å². The second-order valence-corrected chi connectivity index (χ2v) is 4.91. The third-order valence-electron chi connectivity index (χ3n) is 3.47. The quantitative estimate of drug-likeness (QED) is 0.665. The minimum atomic E-state index is -1.09. The van der Waals surface area contributed by atoms with Crippen molar-refractivity contribution in [1.82, 2.24) is 19.5 Å². The van der Waals surface area contributed by atoms with Crippen LogP contribution in [0.2, 0.25) is 0 Å². The molecule has 0 bridgehead atoms. The monoisotopic (exact) mass is 265 g/mol. The van der Waals surface area contributed by atoms with Crippen LogP contribution in [0.15, 0.2) is 12.7 Å². The number of nitrogens with two attached hydrogens (primary N) is 1. The maximum absolute atomic E-state index is 10.2. The summed E-state index contributed by atoms with van der Waals surface area (Å²) in [6.45, 7) is 1.39. The summed E-state index contributed by atoms with van der Waals surface area (Å²) < 4.78 is 7.33. The zero-order valence-electron chi connectivity index (χ0n) is 10.4. The number of imidazole rings is 1. The van der Waals surface area contributed by atoms with Gasteiger partial charge in [-0.2, -0.15) is 0 Å². The van der Waals surface area contributed by atoms with Crippen molar-refractivity contribution in [2.75, 3.05) is 12.3 Å². The number of anilines is 1. The van der Waals surface area contributed by atoms with Crippen molar-refractivity contribution < 1.29 is 14.9 Å². The predicted octanol–water partition coefficient (Wildman–Crippen LogP) is -0.561. The van der Waals surface area contributed by atoms with E-state index in [-0.39, 0.29) is 6.61 Å². The van der Waals surface area contributed by atoms with Gasteiger partial charge in [-0.05, 0) is 6.92 Å². The van der Waals surface area contributed by atoms with Crippen LogP contribution in [-0.4, -0.2) is 48.0 Å². The van der Waals surface area contributed by atoms with Crippen LogP contribution in [0.1, 0.15) is 19.6 Å². The first-order valence-corrected chi connectivity index (χ1v) is 5.94. The number of fused-ring (bicyclic) bond motifs is 1. The van der Waals surface area contributed by atoms with Crippen molar-refractivity contribution >= 4 is 17.0 Å². The Hall–Kier alpha value is -1.77. The third kappa shape index (κ3) is 1.84. The lowest BCUT2D eigenvalue weighted by Gasteiger charge is -2.20. The average molecular weight is 265 g/mol. The largest absolute Gasteiger partial charge is 0.394 e. The highest BCUT2D eigenvalue weighted by Crippen LogP contribution is 2.37. The molecule has 2 aromatic heterocycles. The molecule has 1 fully saturated rings. The summed E-state index contributed by atoms with van der Waals surface area (Å²) >= 11 is 0. The summed E-state index contributed by atoms with van der Waals surface area (Å²) in [5, 5.41) is 19.4. The van der Waals surface area contributed by atoms with E-state index in [2.05, 4.69) is 15.0 Å². The molecule has 19 heavy (non-hydrogen) atoms. The molecular weight excluding hydrogens is 250 g/mol. The van der Waals surface area contributed by atoms with E-state index in [4.69, 9.17) is 10.5 Å². The van der Waals surface area contributed by atoms with Crippen LogP contribution >= 0.6 is 0 Å². The third-order valence-corrected chi connectivity index (χ3v) is 3.47. The number of hydrogen-bond acceptors (Lipinski definition) is 7. The lowest BCUT2D eigenvalue weighted by molar-refractivity contribution is -0.0738. The molecule has 1 saturated heterocycles. The molecule has 102 valence electrons. The van der Waals surface area contributed by atoms with E-state index < -0.39 is 17.9 Å². The van der Waals surface area contributed by atoms with Gasteiger partial charge in [-0.25, -0.2) is 15.0 Å². The molecule has 0 saturated carbocycles. The standard InChI is InChI=1S/C11H15N5O3/c1-11(18)2-7(19-6(11)3-17)16-5-15-8-9(12)13-4-14-10(8)16/h4-7,17-18H,2-3H2,1H3,(H2,12,13,14)/t6-,7-,11+/m1/s1. The summed E-state index contributed by atoms with van der Waals surface area (Å²) in [5.41, 5.74) is 5.68. The predicted molar refractivity (Wildman–Crippen MR) is 66.0 cm³/mol. The fraction of sp³-hybridized carbons (Fsp3) is 0.545. The van der Waals surface area contributed by atoms with Gasteiger partial charge < -0.3 is 20.7 Å². The Morgan fingerprint density at radius 1 is 1.53 bits per heavy atom. The van der Waals surface area contributed by atoms with Gasteiger partial charge in [0.15, 0.2) is 11.5 Å². The van der Waals surface area contributed by atoms with Crippen molar-refractivity contribution in [3.8, 4) is 0 Å². The zero-order chi connectivity index (χ0) is 13.6. The molecule has 0 aromatic carbocycles. The van der Waals surface area contributed by atoms with Crippen LogP contribution in [-0.2, 0) is 4.74 Å². The van der Waals surface area contributed by atoms with Gasteiger partial charge in [0.05, 0.1) is 18.5 Å². The lowest BCUT2D eigenvalue weighted by atomic mass is 9.98. The summed E-state index contributed by atoms with van der Waals surface area (Å²) in [5.74, 6) is 0.298. The molecule has 0 amide bonds. The summed E-state index contributed by atoms with van der Waals surface area (Å²) in [6.07, 6.45) is 2.18. The molecule has 0 aliphatic carbocycles. The van der Waals surface area contributed by atoms with E-state index in [9.17, 15) is 10.2 Å². The van der Waals surface area contributed by atoms with Gasteiger partial charge >= 0.3 is 0 Å². The van der Waals surface area contributed by atoms with Crippen molar-refractivity contribution in [1.29, 1.82) is 0 Å². The van der Waals surface area contributed by atoms with Gasteiger partial charge in [-0.3, -0.25) is 4.57 Å². The number of ether oxygens (including phenoxy) is 1. The van der Waals surface area contributed by atoms with Crippen LogP contribution in [0.25, 0.3) is 11.2 Å². The second-order valence-electron chi connectivity index (χ2n) is 4.91. The Labute approximate surface area is 108 Å². The molecule has 1 aliphatic rings. The van der Waals surface area contributed by atoms with Crippen molar-refractivity contribution in [2.45, 2.75) is 31.3 Å². The first kappa shape index (κ1) is 12.3. The van der Waals surface area contributed by atoms with Crippen LogP contribution in [0.4, 0.5) is 5.82 Å². The smallest absolute Gasteiger partial charge is 0.167 e. The summed E-state index contributed by atoms with van der Waals surface area (Å²) in [4.78, 5) is 12.1. The molecule has 4 N–H and O–H groups in total. The molecule has 1 aliphatic heterocycles. The topological polar surface area (TPSA) is 119 Å². The first-order chi connectivity index (χ1) is 9.03. The van der Waals surface area contributed by atoms with Crippen molar-refractivity contribution in [3.63, 3.8) is 0 Å². The highest BCUT2D eigenvalue weighted by molar-refractivity contribution is 5.81. The highest BCUT2D eigenvalue weighted by Gasteiger charge is 2.44. The average Bonchev–Trinajstić information content (AvgIpc) is 2.90. The first-order valence-electron chi connectivity index (χ1n) is 5.94. The van der Waals surface area contributed by atoms with Crippen molar-refractivity contribution in [3.05, 3.63) is 12.7 Å². The fourth-order valence-corrected chi connectivity index (χ4v) is 2.35. The van der Waals surface area contributed by atoms with E-state index in [1.54, 1.807) is 17.8 Å². The van der Waals surface area contributed by atoms with Gasteiger partial charge in [0, 0.05) is 6.42 Å². The van der Waals surface area contributed by atoms with Crippen LogP contribution in [0.3, 0.4) is 0 Å². The van der Waals surface area contributed by atoms with Gasteiger partial charge in [-0.15, -0.1) is 0 Å². The van der Waals surface area contributed by atoms with Gasteiger partial charge in [0.1, 0.15) is 24.2 Å².